The van der Waals surface area contributed by atoms with Gasteiger partial charge in [0, 0.05) is 16.9 Å². The predicted molar refractivity (Wildman–Crippen MR) is 98.0 cm³/mol. The summed E-state index contributed by atoms with van der Waals surface area (Å²) in [6.45, 7) is 0. The van der Waals surface area contributed by atoms with Gasteiger partial charge < -0.3 is 4.74 Å². The van der Waals surface area contributed by atoms with Gasteiger partial charge in [0.05, 0.1) is 17.1 Å². The molecule has 0 saturated carbocycles. The fourth-order valence-corrected chi connectivity index (χ4v) is 3.80. The van der Waals surface area contributed by atoms with E-state index in [1.54, 1.807) is 0 Å². The van der Waals surface area contributed by atoms with Gasteiger partial charge in [-0.3, -0.25) is 0 Å². The van der Waals surface area contributed by atoms with Crippen molar-refractivity contribution in [3.8, 4) is 16.3 Å². The molecule has 0 aliphatic carbocycles. The maximum Gasteiger partial charge on any atom is 0.573 e. The van der Waals surface area contributed by atoms with Crippen molar-refractivity contribution in [2.45, 2.75) is 24.8 Å². The van der Waals surface area contributed by atoms with Crippen molar-refractivity contribution in [2.24, 2.45) is 0 Å². The minimum absolute atomic E-state index is 0.156. The van der Waals surface area contributed by atoms with E-state index in [9.17, 15) is 26.3 Å². The van der Waals surface area contributed by atoms with Crippen molar-refractivity contribution in [1.29, 1.82) is 0 Å². The molecule has 0 fully saturated rings. The second-order valence-corrected chi connectivity index (χ2v) is 7.32. The molecule has 0 unspecified atom stereocenters. The van der Waals surface area contributed by atoms with Crippen LogP contribution in [0.2, 0.25) is 0 Å². The van der Waals surface area contributed by atoms with Crippen molar-refractivity contribution in [3.05, 3.63) is 70.2 Å². The molecule has 0 atom stereocenters. The van der Waals surface area contributed by atoms with Crippen molar-refractivity contribution in [3.63, 3.8) is 0 Å². The Bertz CT molecular complexity index is 964. The molecule has 0 radical (unpaired) electrons. The number of halogens is 7. The Morgan fingerprint density at radius 3 is 2.03 bits per heavy atom. The third kappa shape index (κ3) is 5.63. The quantitative estimate of drug-likeness (QED) is 0.306. The minimum atomic E-state index is -4.77. The number of benzene rings is 2. The lowest BCUT2D eigenvalue weighted by Gasteiger charge is -2.09. The summed E-state index contributed by atoms with van der Waals surface area (Å²) >= 11 is 7.22. The van der Waals surface area contributed by atoms with Gasteiger partial charge in [-0.2, -0.15) is 13.2 Å². The second kappa shape index (κ2) is 8.23. The maximum atomic E-state index is 12.7. The molecule has 0 saturated heterocycles. The molecular weight excluding hydrogens is 440 g/mol. The third-order valence-electron chi connectivity index (χ3n) is 3.89. The van der Waals surface area contributed by atoms with Crippen LogP contribution in [0.5, 0.6) is 5.75 Å². The largest absolute Gasteiger partial charge is 0.573 e. The van der Waals surface area contributed by atoms with Gasteiger partial charge in [0.2, 0.25) is 0 Å². The predicted octanol–water partition coefficient (Wildman–Crippen LogP) is 7.06. The number of alkyl halides is 7. The highest BCUT2D eigenvalue weighted by Gasteiger charge is 2.31. The molecule has 0 amide bonds. The SMILES string of the molecule is FC(F)(F)Oc1ccc(Cc2nc(-c3ccc(C(F)(F)F)cc3)sc2CCl)cc1. The average molecular weight is 452 g/mol. The van der Waals surface area contributed by atoms with Gasteiger partial charge in [0.25, 0.3) is 0 Å². The fraction of sp³-hybridized carbons (Fsp3) is 0.211. The summed E-state index contributed by atoms with van der Waals surface area (Å²) in [4.78, 5) is 5.20. The van der Waals surface area contributed by atoms with Crippen LogP contribution in [0.15, 0.2) is 48.5 Å². The first kappa shape index (κ1) is 21.4. The summed E-state index contributed by atoms with van der Waals surface area (Å²) < 4.78 is 78.6. The number of thiazole rings is 1. The number of aromatic nitrogens is 1. The molecule has 1 heterocycles. The van der Waals surface area contributed by atoms with Crippen LogP contribution < -0.4 is 4.74 Å². The Hall–Kier alpha value is -2.26. The molecule has 2 nitrogen and oxygen atoms in total. The van der Waals surface area contributed by atoms with Gasteiger partial charge in [-0.05, 0) is 29.8 Å². The van der Waals surface area contributed by atoms with Gasteiger partial charge >= 0.3 is 12.5 Å². The molecule has 0 spiro atoms. The van der Waals surface area contributed by atoms with E-state index in [2.05, 4.69) is 9.72 Å². The van der Waals surface area contributed by atoms with Crippen LogP contribution in [0.3, 0.4) is 0 Å². The lowest BCUT2D eigenvalue weighted by molar-refractivity contribution is -0.274. The summed E-state index contributed by atoms with van der Waals surface area (Å²) in [5, 5.41) is 0.515. The Kier molecular flexibility index (Phi) is 6.09. The highest BCUT2D eigenvalue weighted by Crippen LogP contribution is 2.34. The Labute approximate surface area is 170 Å². The first-order valence-corrected chi connectivity index (χ1v) is 9.47. The zero-order valence-electron chi connectivity index (χ0n) is 14.4. The average Bonchev–Trinajstić information content (AvgIpc) is 3.04. The summed E-state index contributed by atoms with van der Waals surface area (Å²) in [5.41, 5.74) is 1.07. The van der Waals surface area contributed by atoms with Crippen LogP contribution in [-0.4, -0.2) is 11.3 Å². The minimum Gasteiger partial charge on any atom is -0.406 e. The van der Waals surface area contributed by atoms with Gasteiger partial charge in [-0.15, -0.1) is 36.1 Å². The van der Waals surface area contributed by atoms with E-state index in [0.717, 1.165) is 17.0 Å². The number of nitrogens with zero attached hydrogens (tertiary/aromatic N) is 1. The highest BCUT2D eigenvalue weighted by atomic mass is 35.5. The second-order valence-electron chi connectivity index (χ2n) is 5.97. The molecule has 2 aromatic carbocycles. The first-order chi connectivity index (χ1) is 13.5. The molecule has 3 rings (SSSR count). The number of ether oxygens (including phenoxy) is 1. The topological polar surface area (TPSA) is 22.1 Å². The van der Waals surface area contributed by atoms with Gasteiger partial charge in [-0.1, -0.05) is 24.3 Å². The van der Waals surface area contributed by atoms with E-state index in [1.807, 2.05) is 0 Å². The standard InChI is InChI=1S/C19H12ClF6NOS/c20-10-16-15(9-11-1-7-14(8-2-11)28-19(24,25)26)27-17(29-16)12-3-5-13(6-4-12)18(21,22)23/h1-8H,9-10H2. The van der Waals surface area contributed by atoms with Gasteiger partial charge in [0.1, 0.15) is 10.8 Å². The molecule has 0 aliphatic heterocycles. The Morgan fingerprint density at radius 1 is 0.897 bits per heavy atom. The molecule has 0 aliphatic rings. The van der Waals surface area contributed by atoms with Crippen molar-refractivity contribution in [2.75, 3.05) is 0 Å². The van der Waals surface area contributed by atoms with E-state index in [1.165, 1.54) is 47.7 Å². The number of rotatable bonds is 5. The smallest absolute Gasteiger partial charge is 0.406 e. The normalized spacial score (nSPS) is 12.2. The Morgan fingerprint density at radius 2 is 1.52 bits per heavy atom. The van der Waals surface area contributed by atoms with Crippen molar-refractivity contribution in [1.82, 2.24) is 4.98 Å². The summed E-state index contributed by atoms with van der Waals surface area (Å²) in [5.74, 6) is -0.175. The lowest BCUT2D eigenvalue weighted by Crippen LogP contribution is -2.17. The van der Waals surface area contributed by atoms with E-state index in [0.29, 0.717) is 28.2 Å². The zero-order chi connectivity index (χ0) is 21.2. The van der Waals surface area contributed by atoms with Crippen molar-refractivity contribution >= 4 is 22.9 Å². The van der Waals surface area contributed by atoms with Crippen molar-refractivity contribution < 1.29 is 31.1 Å². The molecule has 10 heteroatoms. The highest BCUT2D eigenvalue weighted by molar-refractivity contribution is 7.15. The summed E-state index contributed by atoms with van der Waals surface area (Å²) in [6, 6.07) is 10.0. The number of hydrogen-bond acceptors (Lipinski definition) is 3. The van der Waals surface area contributed by atoms with E-state index in [-0.39, 0.29) is 11.6 Å². The maximum absolute atomic E-state index is 12.7. The summed E-state index contributed by atoms with van der Waals surface area (Å²) in [6.07, 6.45) is -8.87. The van der Waals surface area contributed by atoms with Crippen LogP contribution >= 0.6 is 22.9 Å². The fourth-order valence-electron chi connectivity index (χ4n) is 2.55. The van der Waals surface area contributed by atoms with Crippen LogP contribution in [0.1, 0.15) is 21.7 Å². The number of hydrogen-bond donors (Lipinski definition) is 0. The molecule has 3 aromatic rings. The van der Waals surface area contributed by atoms with Crippen LogP contribution in [0, 0.1) is 0 Å². The van der Waals surface area contributed by atoms with Gasteiger partial charge in [-0.25, -0.2) is 4.98 Å². The van der Waals surface area contributed by atoms with Crippen LogP contribution in [0.4, 0.5) is 26.3 Å². The Balaban J connectivity index is 1.80. The molecule has 1 aromatic heterocycles. The first-order valence-electron chi connectivity index (χ1n) is 8.12. The molecule has 0 N–H and O–H groups in total. The van der Waals surface area contributed by atoms with Gasteiger partial charge in [0.15, 0.2) is 0 Å². The lowest BCUT2D eigenvalue weighted by atomic mass is 10.1. The monoisotopic (exact) mass is 451 g/mol. The van der Waals surface area contributed by atoms with E-state index >= 15 is 0 Å². The summed E-state index contributed by atoms with van der Waals surface area (Å²) in [7, 11) is 0. The zero-order valence-corrected chi connectivity index (χ0v) is 16.0. The molecular formula is C19H12ClF6NOS. The molecule has 0 bridgehead atoms. The molecule has 29 heavy (non-hydrogen) atoms. The van der Waals surface area contributed by atoms with Crippen LogP contribution in [-0.2, 0) is 18.5 Å². The third-order valence-corrected chi connectivity index (χ3v) is 5.46. The molecule has 154 valence electrons. The van der Waals surface area contributed by atoms with E-state index < -0.39 is 18.1 Å². The van der Waals surface area contributed by atoms with Crippen LogP contribution in [0.25, 0.3) is 10.6 Å². The van der Waals surface area contributed by atoms with E-state index in [4.69, 9.17) is 11.6 Å².